The number of methoxy groups -OCH3 is 2. The van der Waals surface area contributed by atoms with Gasteiger partial charge in [0.05, 0.1) is 25.2 Å². The number of furan rings is 1. The van der Waals surface area contributed by atoms with Crippen molar-refractivity contribution in [1.29, 1.82) is 0 Å². The van der Waals surface area contributed by atoms with Crippen molar-refractivity contribution in [3.05, 3.63) is 41.4 Å². The topological polar surface area (TPSA) is 98.5 Å². The van der Waals surface area contributed by atoms with Crippen molar-refractivity contribution in [3.8, 4) is 11.5 Å². The van der Waals surface area contributed by atoms with Gasteiger partial charge in [0.1, 0.15) is 17.9 Å². The second-order valence-corrected chi connectivity index (χ2v) is 7.78. The van der Waals surface area contributed by atoms with E-state index in [4.69, 9.17) is 13.9 Å². The van der Waals surface area contributed by atoms with Gasteiger partial charge >= 0.3 is 0 Å². The maximum absolute atomic E-state index is 13.0. The maximum Gasteiger partial charge on any atom is 0.255 e. The zero-order chi connectivity index (χ0) is 21.3. The first-order valence-corrected chi connectivity index (χ1v) is 9.96. The summed E-state index contributed by atoms with van der Waals surface area (Å²) in [6.45, 7) is 4.34. The molecule has 4 rings (SSSR count). The fraction of sp³-hybridized carbons (Fsp3) is 0.409. The predicted octanol–water partition coefficient (Wildman–Crippen LogP) is 3.49. The Balaban J connectivity index is 1.54. The van der Waals surface area contributed by atoms with Crippen LogP contribution in [0.4, 0.5) is 5.82 Å². The molecule has 1 aliphatic carbocycles. The normalized spacial score (nSPS) is 14.4. The highest BCUT2D eigenvalue weighted by Gasteiger charge is 2.38. The number of fused-ring (bicyclic) bond motifs is 1. The lowest BCUT2D eigenvalue weighted by Crippen LogP contribution is -2.26. The summed E-state index contributed by atoms with van der Waals surface area (Å²) in [6, 6.07) is 5.70. The Morgan fingerprint density at radius 3 is 2.73 bits per heavy atom. The number of nitrogens with zero attached hydrogens (tertiary/aromatic N) is 2. The third-order valence-electron chi connectivity index (χ3n) is 5.48. The van der Waals surface area contributed by atoms with Crippen molar-refractivity contribution in [1.82, 2.24) is 15.3 Å². The van der Waals surface area contributed by atoms with E-state index in [1.54, 1.807) is 21.1 Å². The van der Waals surface area contributed by atoms with E-state index in [9.17, 15) is 4.79 Å². The molecule has 2 N–H and O–H groups in total. The van der Waals surface area contributed by atoms with Gasteiger partial charge in [-0.25, -0.2) is 9.97 Å². The summed E-state index contributed by atoms with van der Waals surface area (Å²) in [4.78, 5) is 21.6. The third-order valence-corrected chi connectivity index (χ3v) is 5.48. The van der Waals surface area contributed by atoms with Gasteiger partial charge < -0.3 is 24.5 Å². The van der Waals surface area contributed by atoms with Crippen LogP contribution in [0.5, 0.6) is 11.5 Å². The molecular weight excluding hydrogens is 384 g/mol. The van der Waals surface area contributed by atoms with Crippen LogP contribution in [0, 0.1) is 6.92 Å². The van der Waals surface area contributed by atoms with E-state index >= 15 is 0 Å². The highest BCUT2D eigenvalue weighted by Crippen LogP contribution is 2.40. The van der Waals surface area contributed by atoms with Crippen molar-refractivity contribution in [3.63, 3.8) is 0 Å². The molecule has 3 aromatic rings. The predicted molar refractivity (Wildman–Crippen MR) is 113 cm³/mol. The Labute approximate surface area is 175 Å². The summed E-state index contributed by atoms with van der Waals surface area (Å²) >= 11 is 0. The fourth-order valence-electron chi connectivity index (χ4n) is 3.56. The number of nitrogens with one attached hydrogen (secondary N) is 2. The van der Waals surface area contributed by atoms with Gasteiger partial charge in [-0.15, -0.1) is 0 Å². The molecule has 2 heterocycles. The van der Waals surface area contributed by atoms with Gasteiger partial charge in [0, 0.05) is 12.1 Å². The van der Waals surface area contributed by atoms with Crippen LogP contribution in [-0.2, 0) is 6.42 Å². The quantitative estimate of drug-likeness (QED) is 0.586. The van der Waals surface area contributed by atoms with Crippen LogP contribution in [0.15, 0.2) is 28.9 Å². The average Bonchev–Trinajstić information content (AvgIpc) is 3.35. The van der Waals surface area contributed by atoms with Crippen LogP contribution < -0.4 is 20.1 Å². The second-order valence-electron chi connectivity index (χ2n) is 7.78. The molecule has 0 saturated heterocycles. The number of para-hydroxylation sites is 1. The first-order valence-electron chi connectivity index (χ1n) is 9.96. The van der Waals surface area contributed by atoms with E-state index in [-0.39, 0.29) is 11.4 Å². The molecule has 0 unspecified atom stereocenters. The highest BCUT2D eigenvalue weighted by molar-refractivity contribution is 6.10. The lowest BCUT2D eigenvalue weighted by molar-refractivity contribution is 0.0954. The van der Waals surface area contributed by atoms with Gasteiger partial charge in [0.15, 0.2) is 11.5 Å². The van der Waals surface area contributed by atoms with Crippen molar-refractivity contribution in [2.24, 2.45) is 0 Å². The standard InChI is InChI=1S/C22H26N4O4/c1-13-16(17-19(26-22(2)9-10-22)24-12-25-21(17)30-13)20(27)23-11-8-14-6-5-7-15(28-3)18(14)29-4/h5-7,12H,8-11H2,1-4H3,(H,23,27)(H,24,25,26). The van der Waals surface area contributed by atoms with Crippen LogP contribution in [0.1, 0.15) is 41.4 Å². The van der Waals surface area contributed by atoms with Crippen LogP contribution in [0.2, 0.25) is 0 Å². The Hall–Kier alpha value is -3.29. The fourth-order valence-corrected chi connectivity index (χ4v) is 3.56. The van der Waals surface area contributed by atoms with Gasteiger partial charge in [-0.3, -0.25) is 4.79 Å². The van der Waals surface area contributed by atoms with Gasteiger partial charge in [0.2, 0.25) is 5.71 Å². The minimum atomic E-state index is -0.216. The molecule has 8 heteroatoms. The Bertz CT molecular complexity index is 1090. The highest BCUT2D eigenvalue weighted by atomic mass is 16.5. The Kier molecular flexibility index (Phi) is 5.24. The summed E-state index contributed by atoms with van der Waals surface area (Å²) in [5.41, 5.74) is 1.85. The summed E-state index contributed by atoms with van der Waals surface area (Å²) in [5, 5.41) is 7.04. The summed E-state index contributed by atoms with van der Waals surface area (Å²) in [5.74, 6) is 2.28. The molecule has 0 radical (unpaired) electrons. The number of benzene rings is 1. The average molecular weight is 410 g/mol. The molecular formula is C22H26N4O4. The monoisotopic (exact) mass is 410 g/mol. The maximum atomic E-state index is 13.0. The number of aryl methyl sites for hydroxylation is 1. The zero-order valence-corrected chi connectivity index (χ0v) is 17.7. The summed E-state index contributed by atoms with van der Waals surface area (Å²) in [7, 11) is 3.21. The molecule has 1 aliphatic rings. The van der Waals surface area contributed by atoms with Gasteiger partial charge in [-0.2, -0.15) is 0 Å². The number of carbonyl (C=O) groups excluding carboxylic acids is 1. The first-order chi connectivity index (χ1) is 14.5. The molecule has 1 fully saturated rings. The second kappa shape index (κ2) is 7.85. The van der Waals surface area contributed by atoms with E-state index in [0.29, 0.717) is 52.7 Å². The molecule has 8 nitrogen and oxygen atoms in total. The number of hydrogen-bond donors (Lipinski definition) is 2. The van der Waals surface area contributed by atoms with Crippen molar-refractivity contribution in [2.45, 2.75) is 38.6 Å². The van der Waals surface area contributed by atoms with Crippen LogP contribution in [-0.4, -0.2) is 42.2 Å². The number of carbonyl (C=O) groups is 1. The van der Waals surface area contributed by atoms with Crippen molar-refractivity contribution < 1.29 is 18.7 Å². The largest absolute Gasteiger partial charge is 0.493 e. The smallest absolute Gasteiger partial charge is 0.255 e. The summed E-state index contributed by atoms with van der Waals surface area (Å²) in [6.07, 6.45) is 4.19. The molecule has 0 atom stereocenters. The van der Waals surface area contributed by atoms with Gasteiger partial charge in [-0.05, 0) is 44.7 Å². The van der Waals surface area contributed by atoms with E-state index in [0.717, 1.165) is 18.4 Å². The van der Waals surface area contributed by atoms with Crippen molar-refractivity contribution >= 4 is 22.8 Å². The number of hydrogen-bond acceptors (Lipinski definition) is 7. The molecule has 2 aromatic heterocycles. The SMILES string of the molecule is COc1cccc(CCNC(=O)c2c(C)oc3ncnc(NC4(C)CC4)c23)c1OC. The van der Waals surface area contributed by atoms with E-state index in [1.807, 2.05) is 18.2 Å². The molecule has 1 aromatic carbocycles. The van der Waals surface area contributed by atoms with Crippen molar-refractivity contribution in [2.75, 3.05) is 26.1 Å². The molecule has 1 amide bonds. The molecule has 0 bridgehead atoms. The number of aromatic nitrogens is 2. The van der Waals surface area contributed by atoms with E-state index < -0.39 is 0 Å². The van der Waals surface area contributed by atoms with Crippen LogP contribution >= 0.6 is 0 Å². The molecule has 30 heavy (non-hydrogen) atoms. The number of amides is 1. The number of anilines is 1. The van der Waals surface area contributed by atoms with Crippen LogP contribution in [0.3, 0.4) is 0 Å². The first kappa shape index (κ1) is 20.0. The molecule has 0 spiro atoms. The zero-order valence-electron chi connectivity index (χ0n) is 17.7. The Morgan fingerprint density at radius 2 is 2.03 bits per heavy atom. The Morgan fingerprint density at radius 1 is 1.23 bits per heavy atom. The lowest BCUT2D eigenvalue weighted by atomic mass is 10.1. The van der Waals surface area contributed by atoms with Crippen LogP contribution in [0.25, 0.3) is 11.1 Å². The van der Waals surface area contributed by atoms with E-state index in [2.05, 4.69) is 27.5 Å². The number of ether oxygens (including phenoxy) is 2. The molecule has 158 valence electrons. The minimum Gasteiger partial charge on any atom is -0.493 e. The molecule has 0 aliphatic heterocycles. The third kappa shape index (κ3) is 3.77. The molecule has 1 saturated carbocycles. The minimum absolute atomic E-state index is 0.0170. The van der Waals surface area contributed by atoms with Gasteiger partial charge in [-0.1, -0.05) is 12.1 Å². The van der Waals surface area contributed by atoms with Gasteiger partial charge in [0.25, 0.3) is 5.91 Å². The lowest BCUT2D eigenvalue weighted by Gasteiger charge is -2.14. The summed E-state index contributed by atoms with van der Waals surface area (Å²) < 4.78 is 16.5. The number of rotatable bonds is 8. The van der Waals surface area contributed by atoms with E-state index in [1.165, 1.54) is 6.33 Å².